The molecule has 6 nitrogen and oxygen atoms in total. The molecule has 0 aliphatic heterocycles. The summed E-state index contributed by atoms with van der Waals surface area (Å²) in [5.74, 6) is -0.400. The lowest BCUT2D eigenvalue weighted by Gasteiger charge is -2.13. The van der Waals surface area contributed by atoms with Crippen LogP contribution in [0.1, 0.15) is 10.4 Å². The lowest BCUT2D eigenvalue weighted by Crippen LogP contribution is -2.38. The molecule has 0 unspecified atom stereocenters. The van der Waals surface area contributed by atoms with E-state index in [4.69, 9.17) is 20.1 Å². The van der Waals surface area contributed by atoms with Gasteiger partial charge in [-0.2, -0.15) is 0 Å². The first-order valence-electron chi connectivity index (χ1n) is 5.58. The van der Waals surface area contributed by atoms with Crippen molar-refractivity contribution < 1.29 is 24.9 Å². The second-order valence-corrected chi connectivity index (χ2v) is 3.69. The molecule has 0 saturated carbocycles. The van der Waals surface area contributed by atoms with E-state index in [-0.39, 0.29) is 24.8 Å². The Bertz CT molecular complexity index is 361. The second-order valence-electron chi connectivity index (χ2n) is 3.69. The van der Waals surface area contributed by atoms with E-state index >= 15 is 0 Å². The summed E-state index contributed by atoms with van der Waals surface area (Å²) in [5.41, 5.74) is 0.209. The fourth-order valence-electron chi connectivity index (χ4n) is 1.31. The molecule has 4 N–H and O–H groups in total. The maximum atomic E-state index is 10.6. The van der Waals surface area contributed by atoms with Crippen molar-refractivity contribution >= 4 is 5.97 Å². The summed E-state index contributed by atoms with van der Waals surface area (Å²) in [6, 6.07) is 5.76. The number of aromatic carboxylic acids is 1. The number of benzene rings is 1. The number of carboxylic acids is 1. The van der Waals surface area contributed by atoms with Gasteiger partial charge in [-0.1, -0.05) is 0 Å². The van der Waals surface area contributed by atoms with E-state index in [9.17, 15) is 4.79 Å². The summed E-state index contributed by atoms with van der Waals surface area (Å²) in [7, 11) is 0. The van der Waals surface area contributed by atoms with Gasteiger partial charge in [0.05, 0.1) is 24.8 Å². The Morgan fingerprint density at radius 2 is 1.83 bits per heavy atom. The zero-order valence-electron chi connectivity index (χ0n) is 9.87. The van der Waals surface area contributed by atoms with Gasteiger partial charge >= 0.3 is 5.97 Å². The Labute approximate surface area is 105 Å². The third-order valence-corrected chi connectivity index (χ3v) is 2.35. The molecule has 0 radical (unpaired) electrons. The molecule has 0 saturated heterocycles. The van der Waals surface area contributed by atoms with Gasteiger partial charge in [-0.3, -0.25) is 0 Å². The molecule has 0 bridgehead atoms. The molecule has 0 spiro atoms. The maximum Gasteiger partial charge on any atom is 0.335 e. The molecule has 0 aromatic heterocycles. The van der Waals surface area contributed by atoms with E-state index in [1.807, 2.05) is 0 Å². The van der Waals surface area contributed by atoms with Crippen molar-refractivity contribution in [1.29, 1.82) is 0 Å². The highest BCUT2D eigenvalue weighted by atomic mass is 16.5. The fraction of sp³-hybridized carbons (Fsp3) is 0.417. The van der Waals surface area contributed by atoms with Crippen LogP contribution in [0.3, 0.4) is 0 Å². The number of nitrogens with one attached hydrogen (secondary N) is 1. The van der Waals surface area contributed by atoms with Crippen molar-refractivity contribution in [2.24, 2.45) is 0 Å². The highest BCUT2D eigenvalue weighted by molar-refractivity contribution is 5.87. The average Bonchev–Trinajstić information content (AvgIpc) is 2.39. The SMILES string of the molecule is O=C(O)c1ccc(OCCNC(CO)CO)cc1. The van der Waals surface area contributed by atoms with E-state index in [1.165, 1.54) is 12.1 Å². The standard InChI is InChI=1S/C12H17NO5/c14-7-10(8-15)13-5-6-18-11-3-1-9(2-4-11)12(16)17/h1-4,10,13-15H,5-8H2,(H,16,17). The molecule has 18 heavy (non-hydrogen) atoms. The third kappa shape index (κ3) is 4.70. The number of carbonyl (C=O) groups is 1. The smallest absolute Gasteiger partial charge is 0.335 e. The Balaban J connectivity index is 2.29. The first-order chi connectivity index (χ1) is 8.67. The quantitative estimate of drug-likeness (QED) is 0.476. The zero-order valence-corrected chi connectivity index (χ0v) is 9.87. The third-order valence-electron chi connectivity index (χ3n) is 2.35. The van der Waals surface area contributed by atoms with Gasteiger partial charge in [-0.05, 0) is 24.3 Å². The summed E-state index contributed by atoms with van der Waals surface area (Å²) in [4.78, 5) is 10.6. The van der Waals surface area contributed by atoms with Crippen molar-refractivity contribution in [1.82, 2.24) is 5.32 Å². The van der Waals surface area contributed by atoms with Crippen LogP contribution in [0.15, 0.2) is 24.3 Å². The zero-order chi connectivity index (χ0) is 13.4. The first kappa shape index (κ1) is 14.4. The number of hydrogen-bond donors (Lipinski definition) is 4. The predicted octanol–water partition coefficient (Wildman–Crippen LogP) is -0.294. The van der Waals surface area contributed by atoms with Crippen LogP contribution >= 0.6 is 0 Å². The summed E-state index contributed by atoms with van der Waals surface area (Å²) in [5, 5.41) is 29.2. The van der Waals surface area contributed by atoms with E-state index < -0.39 is 5.97 Å². The highest BCUT2D eigenvalue weighted by Crippen LogP contribution is 2.11. The van der Waals surface area contributed by atoms with Gasteiger partial charge in [0.2, 0.25) is 0 Å². The van der Waals surface area contributed by atoms with Gasteiger partial charge in [0.15, 0.2) is 0 Å². The van der Waals surface area contributed by atoms with Crippen molar-refractivity contribution in [2.45, 2.75) is 6.04 Å². The molecule has 1 aromatic carbocycles. The second kappa shape index (κ2) is 7.65. The lowest BCUT2D eigenvalue weighted by atomic mass is 10.2. The lowest BCUT2D eigenvalue weighted by molar-refractivity contribution is 0.0697. The van der Waals surface area contributed by atoms with Crippen molar-refractivity contribution in [2.75, 3.05) is 26.4 Å². The molecule has 0 heterocycles. The van der Waals surface area contributed by atoms with E-state index in [2.05, 4.69) is 5.32 Å². The maximum absolute atomic E-state index is 10.6. The van der Waals surface area contributed by atoms with Crippen LogP contribution in [0, 0.1) is 0 Å². The number of rotatable bonds is 8. The largest absolute Gasteiger partial charge is 0.492 e. The van der Waals surface area contributed by atoms with Crippen LogP contribution in [0.5, 0.6) is 5.75 Å². The van der Waals surface area contributed by atoms with Crippen LogP contribution in [0.2, 0.25) is 0 Å². The van der Waals surface area contributed by atoms with Crippen LogP contribution < -0.4 is 10.1 Å². The molecule has 1 rings (SSSR count). The number of hydrogen-bond acceptors (Lipinski definition) is 5. The predicted molar refractivity (Wildman–Crippen MR) is 64.9 cm³/mol. The normalized spacial score (nSPS) is 10.6. The minimum Gasteiger partial charge on any atom is -0.492 e. The summed E-state index contributed by atoms with van der Waals surface area (Å²) in [6.45, 7) is 0.572. The Kier molecular flexibility index (Phi) is 6.13. The average molecular weight is 255 g/mol. The molecule has 100 valence electrons. The molecule has 1 aromatic rings. The minimum absolute atomic E-state index is 0.135. The summed E-state index contributed by atoms with van der Waals surface area (Å²) >= 11 is 0. The van der Waals surface area contributed by atoms with Crippen LogP contribution in [0.4, 0.5) is 0 Å². The van der Waals surface area contributed by atoms with E-state index in [1.54, 1.807) is 12.1 Å². The molecule has 0 atom stereocenters. The monoisotopic (exact) mass is 255 g/mol. The van der Waals surface area contributed by atoms with Gasteiger partial charge in [-0.15, -0.1) is 0 Å². The molecule has 0 aliphatic rings. The molecule has 6 heteroatoms. The molecule has 0 aliphatic carbocycles. The molecular weight excluding hydrogens is 238 g/mol. The molecule has 0 fully saturated rings. The van der Waals surface area contributed by atoms with Crippen LogP contribution in [-0.2, 0) is 0 Å². The number of aliphatic hydroxyl groups is 2. The number of aliphatic hydroxyl groups excluding tert-OH is 2. The van der Waals surface area contributed by atoms with Crippen LogP contribution in [-0.4, -0.2) is 53.7 Å². The minimum atomic E-state index is -0.975. The Morgan fingerprint density at radius 3 is 2.33 bits per heavy atom. The molecular formula is C12H17NO5. The number of ether oxygens (including phenoxy) is 1. The molecule has 0 amide bonds. The Morgan fingerprint density at radius 1 is 1.22 bits per heavy atom. The van der Waals surface area contributed by atoms with Crippen molar-refractivity contribution in [3.05, 3.63) is 29.8 Å². The highest BCUT2D eigenvalue weighted by Gasteiger charge is 2.04. The van der Waals surface area contributed by atoms with E-state index in [0.29, 0.717) is 18.9 Å². The van der Waals surface area contributed by atoms with Gasteiger partial charge in [0.1, 0.15) is 12.4 Å². The van der Waals surface area contributed by atoms with Crippen molar-refractivity contribution in [3.63, 3.8) is 0 Å². The summed E-state index contributed by atoms with van der Waals surface area (Å²) < 4.78 is 5.36. The summed E-state index contributed by atoms with van der Waals surface area (Å²) in [6.07, 6.45) is 0. The van der Waals surface area contributed by atoms with Gasteiger partial charge in [-0.25, -0.2) is 4.79 Å². The Hall–Kier alpha value is -1.63. The van der Waals surface area contributed by atoms with Crippen LogP contribution in [0.25, 0.3) is 0 Å². The first-order valence-corrected chi connectivity index (χ1v) is 5.58. The van der Waals surface area contributed by atoms with Gasteiger partial charge in [0.25, 0.3) is 0 Å². The van der Waals surface area contributed by atoms with Gasteiger partial charge in [0, 0.05) is 6.54 Å². The van der Waals surface area contributed by atoms with Gasteiger partial charge < -0.3 is 25.4 Å². The fourth-order valence-corrected chi connectivity index (χ4v) is 1.31. The van der Waals surface area contributed by atoms with E-state index in [0.717, 1.165) is 0 Å². The van der Waals surface area contributed by atoms with Crippen molar-refractivity contribution in [3.8, 4) is 5.75 Å². The number of carboxylic acid groups (broad SMARTS) is 1. The topological polar surface area (TPSA) is 99.0 Å².